The molecule has 0 bridgehead atoms. The predicted octanol–water partition coefficient (Wildman–Crippen LogP) is 5.24. The van der Waals surface area contributed by atoms with Crippen LogP contribution in [-0.4, -0.2) is 30.1 Å². The van der Waals surface area contributed by atoms with Gasteiger partial charge < -0.3 is 10.8 Å². The third-order valence-electron chi connectivity index (χ3n) is 6.38. The van der Waals surface area contributed by atoms with Crippen LogP contribution >= 0.6 is 12.4 Å². The normalized spacial score (nSPS) is 19.9. The van der Waals surface area contributed by atoms with Gasteiger partial charge in [-0.1, -0.05) is 48.5 Å². The Morgan fingerprint density at radius 2 is 1.76 bits per heavy atom. The lowest BCUT2D eigenvalue weighted by Gasteiger charge is -2.40. The lowest BCUT2D eigenvalue weighted by Crippen LogP contribution is -2.40. The Labute approximate surface area is 197 Å². The first-order valence-corrected chi connectivity index (χ1v) is 10.8. The first-order chi connectivity index (χ1) is 15.5. The number of fused-ring (bicyclic) bond motifs is 2. The summed E-state index contributed by atoms with van der Waals surface area (Å²) < 4.78 is 2.02. The molecule has 7 heteroatoms. The number of rotatable bonds is 3. The van der Waals surface area contributed by atoms with Crippen LogP contribution in [0.2, 0.25) is 0 Å². The summed E-state index contributed by atoms with van der Waals surface area (Å²) in [5.74, 6) is 1.55. The number of pyridine rings is 1. The van der Waals surface area contributed by atoms with Gasteiger partial charge in [0.25, 0.3) is 0 Å². The van der Waals surface area contributed by atoms with Crippen molar-refractivity contribution in [3.63, 3.8) is 0 Å². The van der Waals surface area contributed by atoms with Gasteiger partial charge in [0.2, 0.25) is 0 Å². The minimum Gasteiger partial charge on any atom is -0.390 e. The van der Waals surface area contributed by atoms with Crippen molar-refractivity contribution < 1.29 is 5.11 Å². The van der Waals surface area contributed by atoms with Crippen molar-refractivity contribution >= 4 is 34.6 Å². The van der Waals surface area contributed by atoms with Crippen molar-refractivity contribution in [3.05, 3.63) is 78.9 Å². The van der Waals surface area contributed by atoms with Gasteiger partial charge in [-0.3, -0.25) is 4.40 Å². The summed E-state index contributed by atoms with van der Waals surface area (Å²) in [5.41, 5.74) is 11.1. The number of hydrogen-bond acceptors (Lipinski definition) is 5. The van der Waals surface area contributed by atoms with E-state index < -0.39 is 5.60 Å². The Bertz CT molecular complexity index is 1470. The molecule has 6 rings (SSSR count). The van der Waals surface area contributed by atoms with Gasteiger partial charge >= 0.3 is 0 Å². The van der Waals surface area contributed by atoms with Gasteiger partial charge in [0.05, 0.1) is 16.8 Å². The number of imidazole rings is 1. The largest absolute Gasteiger partial charge is 0.390 e. The Balaban J connectivity index is 0.00000228. The highest BCUT2D eigenvalue weighted by atomic mass is 35.5. The molecule has 1 aliphatic rings. The van der Waals surface area contributed by atoms with Crippen LogP contribution < -0.4 is 5.73 Å². The van der Waals surface area contributed by atoms with Crippen molar-refractivity contribution in [3.8, 4) is 22.5 Å². The maximum Gasteiger partial charge on any atom is 0.150 e. The third-order valence-corrected chi connectivity index (χ3v) is 6.38. The molecule has 3 N–H and O–H groups in total. The van der Waals surface area contributed by atoms with E-state index >= 15 is 0 Å². The SMILES string of the molecule is CC1(O)CC(c2nc(-c3ccc4ccc(-c5ccccc5)nc4c3)c3c(N)nccn23)C1.Cl. The molecule has 6 nitrogen and oxygen atoms in total. The summed E-state index contributed by atoms with van der Waals surface area (Å²) in [6.45, 7) is 1.87. The minimum atomic E-state index is -0.629. The van der Waals surface area contributed by atoms with Crippen LogP contribution in [0.15, 0.2) is 73.1 Å². The molecule has 0 amide bonds. The van der Waals surface area contributed by atoms with Crippen molar-refractivity contribution in [2.45, 2.75) is 31.3 Å². The molecule has 166 valence electrons. The summed E-state index contributed by atoms with van der Waals surface area (Å²) >= 11 is 0. The summed E-state index contributed by atoms with van der Waals surface area (Å²) in [5, 5.41) is 11.3. The predicted molar refractivity (Wildman–Crippen MR) is 133 cm³/mol. The van der Waals surface area contributed by atoms with Gasteiger partial charge in [0, 0.05) is 34.8 Å². The second-order valence-electron chi connectivity index (χ2n) is 8.92. The number of nitrogen functional groups attached to an aromatic ring is 1. The molecule has 0 atom stereocenters. The Kier molecular flexibility index (Phi) is 5.07. The molecule has 0 unspecified atom stereocenters. The number of aromatic nitrogens is 4. The van der Waals surface area contributed by atoms with Crippen molar-refractivity contribution in [2.24, 2.45) is 0 Å². The highest BCUT2D eigenvalue weighted by Crippen LogP contribution is 2.45. The molecule has 1 saturated carbocycles. The fourth-order valence-electron chi connectivity index (χ4n) is 4.79. The molecule has 1 fully saturated rings. The van der Waals surface area contributed by atoms with Crippen LogP contribution in [0.3, 0.4) is 0 Å². The summed E-state index contributed by atoms with van der Waals surface area (Å²) in [4.78, 5) is 14.2. The van der Waals surface area contributed by atoms with E-state index in [0.29, 0.717) is 18.7 Å². The topological polar surface area (TPSA) is 89.3 Å². The van der Waals surface area contributed by atoms with E-state index in [1.807, 2.05) is 41.8 Å². The monoisotopic (exact) mass is 457 g/mol. The minimum absolute atomic E-state index is 0. The zero-order chi connectivity index (χ0) is 21.9. The zero-order valence-corrected chi connectivity index (χ0v) is 19.0. The number of benzene rings is 2. The summed E-state index contributed by atoms with van der Waals surface area (Å²) in [6.07, 6.45) is 4.97. The van der Waals surface area contributed by atoms with E-state index in [1.54, 1.807) is 6.20 Å². The van der Waals surface area contributed by atoms with E-state index in [9.17, 15) is 5.11 Å². The lowest BCUT2D eigenvalue weighted by molar-refractivity contribution is -0.0335. The molecule has 2 aromatic carbocycles. The Hall–Kier alpha value is -3.48. The van der Waals surface area contributed by atoms with Gasteiger partial charge in [0.15, 0.2) is 0 Å². The fourth-order valence-corrected chi connectivity index (χ4v) is 4.79. The average molecular weight is 458 g/mol. The van der Waals surface area contributed by atoms with Crippen molar-refractivity contribution in [2.75, 3.05) is 5.73 Å². The lowest BCUT2D eigenvalue weighted by atomic mass is 9.72. The Morgan fingerprint density at radius 1 is 1.00 bits per heavy atom. The van der Waals surface area contributed by atoms with Gasteiger partial charge in [-0.25, -0.2) is 15.0 Å². The highest BCUT2D eigenvalue weighted by Gasteiger charge is 2.41. The van der Waals surface area contributed by atoms with E-state index in [4.69, 9.17) is 15.7 Å². The second kappa shape index (κ2) is 7.83. The number of nitrogens with zero attached hydrogens (tertiary/aromatic N) is 4. The maximum atomic E-state index is 10.3. The van der Waals surface area contributed by atoms with Crippen LogP contribution in [0.25, 0.3) is 38.9 Å². The number of hydrogen-bond donors (Lipinski definition) is 2. The van der Waals surface area contributed by atoms with Gasteiger partial charge in [-0.2, -0.15) is 0 Å². The van der Waals surface area contributed by atoms with Gasteiger partial charge in [-0.05, 0) is 31.9 Å². The molecule has 1 aliphatic carbocycles. The summed E-state index contributed by atoms with van der Waals surface area (Å²) in [6, 6.07) is 20.5. The van der Waals surface area contributed by atoms with Crippen molar-refractivity contribution in [1.29, 1.82) is 0 Å². The standard InChI is InChI=1S/C26H23N5O.ClH/c1-26(32)14-19(15-26)25-30-22(23-24(27)28-11-12-31(23)25)18-8-7-17-9-10-20(29-21(17)13-18)16-5-3-2-4-6-16;/h2-13,19,32H,14-15H2,1H3,(H2,27,28);1H. The first kappa shape index (κ1) is 21.4. The molecular weight excluding hydrogens is 434 g/mol. The van der Waals surface area contributed by atoms with Gasteiger partial charge in [-0.15, -0.1) is 12.4 Å². The number of anilines is 1. The molecule has 3 aromatic heterocycles. The molecular formula is C26H24ClN5O. The van der Waals surface area contributed by atoms with E-state index in [1.165, 1.54) is 0 Å². The second-order valence-corrected chi connectivity index (χ2v) is 8.92. The molecule has 0 saturated heterocycles. The maximum absolute atomic E-state index is 10.3. The molecule has 0 aliphatic heterocycles. The van der Waals surface area contributed by atoms with Crippen LogP contribution in [-0.2, 0) is 0 Å². The fraction of sp³-hybridized carbons (Fsp3) is 0.192. The van der Waals surface area contributed by atoms with Crippen LogP contribution in [0.4, 0.5) is 5.82 Å². The number of nitrogens with two attached hydrogens (primary N) is 1. The molecule has 3 heterocycles. The van der Waals surface area contributed by atoms with E-state index in [2.05, 4.69) is 41.4 Å². The zero-order valence-electron chi connectivity index (χ0n) is 18.1. The average Bonchev–Trinajstić information content (AvgIpc) is 3.18. The summed E-state index contributed by atoms with van der Waals surface area (Å²) in [7, 11) is 0. The number of aliphatic hydroxyl groups is 1. The van der Waals surface area contributed by atoms with E-state index in [0.717, 1.165) is 44.8 Å². The number of halogens is 1. The highest BCUT2D eigenvalue weighted by molar-refractivity contribution is 5.91. The molecule has 33 heavy (non-hydrogen) atoms. The first-order valence-electron chi connectivity index (χ1n) is 10.8. The molecule has 0 spiro atoms. The van der Waals surface area contributed by atoms with Crippen molar-refractivity contribution in [1.82, 2.24) is 19.4 Å². The third kappa shape index (κ3) is 3.61. The smallest absolute Gasteiger partial charge is 0.150 e. The molecule has 0 radical (unpaired) electrons. The quantitative estimate of drug-likeness (QED) is 0.386. The van der Waals surface area contributed by atoms with Crippen LogP contribution in [0.1, 0.15) is 31.5 Å². The van der Waals surface area contributed by atoms with Crippen LogP contribution in [0, 0.1) is 0 Å². The molecule has 5 aromatic rings. The van der Waals surface area contributed by atoms with E-state index in [-0.39, 0.29) is 18.3 Å². The van der Waals surface area contributed by atoms with Gasteiger partial charge in [0.1, 0.15) is 22.9 Å². The van der Waals surface area contributed by atoms with Crippen LogP contribution in [0.5, 0.6) is 0 Å². The Morgan fingerprint density at radius 3 is 2.52 bits per heavy atom.